The number of aromatic nitrogens is 1. The summed E-state index contributed by atoms with van der Waals surface area (Å²) in [6, 6.07) is 17.9. The van der Waals surface area contributed by atoms with Gasteiger partial charge in [0.1, 0.15) is 0 Å². The molecule has 0 unspecified atom stereocenters. The van der Waals surface area contributed by atoms with Gasteiger partial charge < -0.3 is 9.88 Å². The highest BCUT2D eigenvalue weighted by atomic mass is 32.1. The fraction of sp³-hybridized carbons (Fsp3) is 0.143. The molecule has 0 spiro atoms. The second-order valence-electron chi connectivity index (χ2n) is 5.89. The van der Waals surface area contributed by atoms with Crippen molar-refractivity contribution in [2.24, 2.45) is 4.99 Å². The Labute approximate surface area is 157 Å². The molecule has 0 fully saturated rings. The average Bonchev–Trinajstić information content (AvgIpc) is 2.92. The number of hydrogen-bond donors (Lipinski definition) is 1. The molecule has 0 saturated heterocycles. The first-order valence-corrected chi connectivity index (χ1v) is 9.19. The molecule has 26 heavy (non-hydrogen) atoms. The highest BCUT2D eigenvalue weighted by Crippen LogP contribution is 2.26. The largest absolute Gasteiger partial charge is 0.326 e. The molecule has 0 aliphatic carbocycles. The number of allylic oxidation sites excluding steroid dienone is 1. The van der Waals surface area contributed by atoms with Crippen molar-refractivity contribution in [3.05, 3.63) is 76.9 Å². The number of nitrogens with zero attached hydrogens (tertiary/aromatic N) is 2. The van der Waals surface area contributed by atoms with Crippen molar-refractivity contribution in [2.75, 3.05) is 5.32 Å². The highest BCUT2D eigenvalue weighted by molar-refractivity contribution is 7.09. The van der Waals surface area contributed by atoms with Crippen LogP contribution in [0.2, 0.25) is 0 Å². The van der Waals surface area contributed by atoms with Gasteiger partial charge in [-0.2, -0.15) is 0 Å². The smallest absolute Gasteiger partial charge is 0.221 e. The lowest BCUT2D eigenvalue weighted by atomic mass is 10.1. The summed E-state index contributed by atoms with van der Waals surface area (Å²) in [5, 5.41) is 2.77. The summed E-state index contributed by atoms with van der Waals surface area (Å²) < 4.78 is 2.18. The van der Waals surface area contributed by atoms with Crippen molar-refractivity contribution >= 4 is 28.6 Å². The van der Waals surface area contributed by atoms with Gasteiger partial charge in [-0.1, -0.05) is 36.4 Å². The average molecular weight is 363 g/mol. The van der Waals surface area contributed by atoms with E-state index in [-0.39, 0.29) is 5.91 Å². The molecule has 1 N–H and O–H groups in total. The maximum absolute atomic E-state index is 11.1. The third-order valence-corrected chi connectivity index (χ3v) is 4.84. The van der Waals surface area contributed by atoms with Gasteiger partial charge in [-0.25, -0.2) is 4.99 Å². The van der Waals surface area contributed by atoms with Crippen LogP contribution in [0.1, 0.15) is 11.8 Å². The van der Waals surface area contributed by atoms with E-state index in [1.54, 1.807) is 11.3 Å². The molecule has 0 radical (unpaired) electrons. The zero-order valence-electron chi connectivity index (χ0n) is 14.9. The van der Waals surface area contributed by atoms with Crippen LogP contribution in [0.3, 0.4) is 0 Å². The summed E-state index contributed by atoms with van der Waals surface area (Å²) >= 11 is 1.66. The van der Waals surface area contributed by atoms with E-state index < -0.39 is 0 Å². The summed E-state index contributed by atoms with van der Waals surface area (Å²) in [5.74, 6) is -0.0834. The fourth-order valence-electron chi connectivity index (χ4n) is 2.80. The third kappa shape index (κ3) is 4.00. The van der Waals surface area contributed by atoms with Crippen LogP contribution in [0.25, 0.3) is 11.3 Å². The lowest BCUT2D eigenvalue weighted by Crippen LogP contribution is -2.14. The quantitative estimate of drug-likeness (QED) is 0.644. The Kier molecular flexibility index (Phi) is 5.49. The van der Waals surface area contributed by atoms with Gasteiger partial charge in [0, 0.05) is 24.0 Å². The molecule has 132 valence electrons. The normalized spacial score (nSPS) is 11.4. The Morgan fingerprint density at radius 3 is 2.50 bits per heavy atom. The Morgan fingerprint density at radius 2 is 1.88 bits per heavy atom. The predicted molar refractivity (Wildman–Crippen MR) is 109 cm³/mol. The molecule has 4 nitrogen and oxygen atoms in total. The molecular formula is C21H21N3OS. The fourth-order valence-corrected chi connectivity index (χ4v) is 3.82. The van der Waals surface area contributed by atoms with Gasteiger partial charge in [-0.05, 0) is 36.8 Å². The molecule has 0 atom stereocenters. The Hall–Kier alpha value is -2.92. The van der Waals surface area contributed by atoms with Gasteiger partial charge >= 0.3 is 0 Å². The Morgan fingerprint density at radius 1 is 1.19 bits per heavy atom. The van der Waals surface area contributed by atoms with Crippen molar-refractivity contribution in [1.29, 1.82) is 0 Å². The van der Waals surface area contributed by atoms with Crippen LogP contribution in [-0.4, -0.2) is 10.5 Å². The van der Waals surface area contributed by atoms with Crippen LogP contribution in [0, 0.1) is 6.92 Å². The van der Waals surface area contributed by atoms with Crippen molar-refractivity contribution in [1.82, 2.24) is 4.57 Å². The second kappa shape index (κ2) is 7.97. The Balaban J connectivity index is 2.06. The topological polar surface area (TPSA) is 46.4 Å². The molecule has 0 saturated carbocycles. The number of anilines is 1. The van der Waals surface area contributed by atoms with E-state index in [2.05, 4.69) is 35.5 Å². The zero-order valence-corrected chi connectivity index (χ0v) is 15.7. The number of aryl methyl sites for hydroxylation is 1. The first-order valence-electron chi connectivity index (χ1n) is 8.37. The van der Waals surface area contributed by atoms with E-state index in [4.69, 9.17) is 4.99 Å². The highest BCUT2D eigenvalue weighted by Gasteiger charge is 2.11. The van der Waals surface area contributed by atoms with Gasteiger partial charge in [-0.15, -0.1) is 17.9 Å². The molecule has 1 aromatic heterocycles. The van der Waals surface area contributed by atoms with E-state index in [1.165, 1.54) is 23.1 Å². The molecule has 0 aliphatic rings. The summed E-state index contributed by atoms with van der Waals surface area (Å²) in [5.41, 5.74) is 3.95. The van der Waals surface area contributed by atoms with Crippen molar-refractivity contribution < 1.29 is 4.79 Å². The number of benzene rings is 2. The molecule has 3 rings (SSSR count). The standard InChI is InChI=1S/C21H21N3OS/c1-4-14-24-20(17-8-6-5-7-9-17)15(2)26-21(24)23-19-12-10-18(11-13-19)22-16(3)25/h4-13H,1,14H2,2-3H3,(H,22,25). The number of rotatable bonds is 5. The number of hydrogen-bond acceptors (Lipinski definition) is 3. The first kappa shape index (κ1) is 17.9. The maximum Gasteiger partial charge on any atom is 0.221 e. The van der Waals surface area contributed by atoms with Gasteiger partial charge in [0.15, 0.2) is 4.80 Å². The molecule has 1 heterocycles. The van der Waals surface area contributed by atoms with Gasteiger partial charge in [0.2, 0.25) is 5.91 Å². The van der Waals surface area contributed by atoms with Crippen molar-refractivity contribution in [2.45, 2.75) is 20.4 Å². The van der Waals surface area contributed by atoms with Crippen molar-refractivity contribution in [3.8, 4) is 11.3 Å². The van der Waals surface area contributed by atoms with E-state index in [0.717, 1.165) is 16.2 Å². The number of amides is 1. The molecule has 2 aromatic carbocycles. The second-order valence-corrected chi connectivity index (χ2v) is 7.08. The van der Waals surface area contributed by atoms with E-state index >= 15 is 0 Å². The molecule has 1 amide bonds. The van der Waals surface area contributed by atoms with Crippen LogP contribution in [0.15, 0.2) is 72.2 Å². The van der Waals surface area contributed by atoms with E-state index in [9.17, 15) is 4.79 Å². The van der Waals surface area contributed by atoms with Crippen molar-refractivity contribution in [3.63, 3.8) is 0 Å². The van der Waals surface area contributed by atoms with E-state index in [0.29, 0.717) is 6.54 Å². The number of carbonyl (C=O) groups is 1. The van der Waals surface area contributed by atoms with Crippen LogP contribution < -0.4 is 10.1 Å². The van der Waals surface area contributed by atoms with Gasteiger partial charge in [0.05, 0.1) is 11.4 Å². The van der Waals surface area contributed by atoms with Gasteiger partial charge in [-0.3, -0.25) is 4.79 Å². The summed E-state index contributed by atoms with van der Waals surface area (Å²) in [6.45, 7) is 8.19. The molecule has 0 aliphatic heterocycles. The minimum Gasteiger partial charge on any atom is -0.326 e. The lowest BCUT2D eigenvalue weighted by molar-refractivity contribution is -0.114. The van der Waals surface area contributed by atoms with Gasteiger partial charge in [0.25, 0.3) is 0 Å². The Bertz CT molecular complexity index is 982. The summed E-state index contributed by atoms with van der Waals surface area (Å²) in [4.78, 5) is 18.1. The lowest BCUT2D eigenvalue weighted by Gasteiger charge is -2.08. The predicted octanol–water partition coefficient (Wildman–Crippen LogP) is 4.90. The third-order valence-electron chi connectivity index (χ3n) is 3.85. The summed E-state index contributed by atoms with van der Waals surface area (Å²) in [7, 11) is 0. The number of nitrogens with one attached hydrogen (secondary N) is 1. The van der Waals surface area contributed by atoms with Crippen LogP contribution in [-0.2, 0) is 11.3 Å². The monoisotopic (exact) mass is 363 g/mol. The van der Waals surface area contributed by atoms with E-state index in [1.807, 2.05) is 48.5 Å². The minimum absolute atomic E-state index is 0.0834. The van der Waals surface area contributed by atoms with Crippen LogP contribution >= 0.6 is 11.3 Å². The maximum atomic E-state index is 11.1. The minimum atomic E-state index is -0.0834. The summed E-state index contributed by atoms with van der Waals surface area (Å²) in [6.07, 6.45) is 1.89. The van der Waals surface area contributed by atoms with Crippen LogP contribution in [0.4, 0.5) is 11.4 Å². The first-order chi connectivity index (χ1) is 12.6. The molecule has 3 aromatic rings. The number of carbonyl (C=O) groups excluding carboxylic acids is 1. The molecular weight excluding hydrogens is 342 g/mol. The van der Waals surface area contributed by atoms with Crippen LogP contribution in [0.5, 0.6) is 0 Å². The number of thiazole rings is 1. The molecule has 0 bridgehead atoms. The SMILES string of the molecule is C=CCn1c(-c2ccccc2)c(C)sc1=Nc1ccc(NC(C)=O)cc1. The molecule has 5 heteroatoms. The zero-order chi connectivity index (χ0) is 18.5.